The maximum atomic E-state index is 13.2. The summed E-state index contributed by atoms with van der Waals surface area (Å²) < 4.78 is 5.70. The first-order chi connectivity index (χ1) is 15.2. The Kier molecular flexibility index (Phi) is 7.05. The van der Waals surface area contributed by atoms with Gasteiger partial charge in [-0.15, -0.1) is 0 Å². The number of Topliss-reactive ketones (excluding diaryl/α,β-unsaturated/α-hetero) is 1. The molecule has 2 aromatic rings. The molecule has 0 aliphatic carbocycles. The van der Waals surface area contributed by atoms with E-state index >= 15 is 0 Å². The van der Waals surface area contributed by atoms with Crippen LogP contribution in [0.15, 0.2) is 46.9 Å². The molecule has 9 nitrogen and oxygen atoms in total. The van der Waals surface area contributed by atoms with E-state index in [0.717, 1.165) is 17.4 Å². The van der Waals surface area contributed by atoms with Crippen molar-refractivity contribution >= 4 is 45.0 Å². The topological polar surface area (TPSA) is 127 Å². The zero-order valence-electron chi connectivity index (χ0n) is 17.2. The monoisotopic (exact) mass is 504 g/mol. The van der Waals surface area contributed by atoms with Crippen molar-refractivity contribution in [3.63, 3.8) is 0 Å². The number of esters is 1. The molecule has 0 fully saturated rings. The quantitative estimate of drug-likeness (QED) is 0.182. The van der Waals surface area contributed by atoms with Gasteiger partial charge >= 0.3 is 5.97 Å². The van der Waals surface area contributed by atoms with Gasteiger partial charge in [0.25, 0.3) is 11.6 Å². The van der Waals surface area contributed by atoms with Gasteiger partial charge in [-0.05, 0) is 24.6 Å². The fraction of sp³-hybridized carbons (Fsp3) is 0.318. The third-order valence-corrected chi connectivity index (χ3v) is 5.63. The lowest BCUT2D eigenvalue weighted by atomic mass is 9.88. The summed E-state index contributed by atoms with van der Waals surface area (Å²) in [5.74, 6) is -2.12. The summed E-state index contributed by atoms with van der Waals surface area (Å²) >= 11 is 3.29. The summed E-state index contributed by atoms with van der Waals surface area (Å²) in [6.07, 6.45) is 0.884. The molecule has 10 heteroatoms. The lowest BCUT2D eigenvalue weighted by Gasteiger charge is -2.22. The maximum Gasteiger partial charge on any atom is 0.326 e. The summed E-state index contributed by atoms with van der Waals surface area (Å²) in [5, 5.41) is 22.3. The van der Waals surface area contributed by atoms with E-state index in [2.05, 4.69) is 15.9 Å². The number of benzene rings is 2. The first-order valence-corrected chi connectivity index (χ1v) is 10.7. The van der Waals surface area contributed by atoms with E-state index in [0.29, 0.717) is 16.6 Å². The number of carbonyl (C=O) groups excluding carboxylic acids is 3. The molecule has 1 atom stereocenters. The molecule has 1 heterocycles. The van der Waals surface area contributed by atoms with E-state index in [4.69, 9.17) is 4.74 Å². The number of nitrogens with zero attached hydrogens (tertiary/aromatic N) is 2. The van der Waals surface area contributed by atoms with Crippen LogP contribution >= 0.6 is 15.9 Å². The molecule has 1 amide bonds. The molecule has 0 bridgehead atoms. The number of amides is 1. The number of hydrogen-bond acceptors (Lipinski definition) is 7. The Bertz CT molecular complexity index is 1090. The van der Waals surface area contributed by atoms with E-state index in [1.54, 1.807) is 12.1 Å². The van der Waals surface area contributed by atoms with Gasteiger partial charge < -0.3 is 9.84 Å². The number of ketones is 1. The molecule has 1 unspecified atom stereocenters. The number of nitro benzene ring substituents is 1. The molecule has 0 radical (unpaired) electrons. The molecule has 32 heavy (non-hydrogen) atoms. The molecule has 1 aliphatic rings. The molecular formula is C22H21BrN2O7. The lowest BCUT2D eigenvalue weighted by Crippen LogP contribution is -2.44. The highest BCUT2D eigenvalue weighted by Gasteiger charge is 2.51. The Balaban J connectivity index is 1.90. The Morgan fingerprint density at radius 1 is 1.25 bits per heavy atom. The lowest BCUT2D eigenvalue weighted by molar-refractivity contribution is -0.384. The van der Waals surface area contributed by atoms with E-state index < -0.39 is 41.1 Å². The van der Waals surface area contributed by atoms with E-state index in [1.807, 2.05) is 6.92 Å². The average Bonchev–Trinajstić information content (AvgIpc) is 2.95. The van der Waals surface area contributed by atoms with Crippen LogP contribution in [0.2, 0.25) is 0 Å². The van der Waals surface area contributed by atoms with Gasteiger partial charge in [0.15, 0.2) is 11.4 Å². The maximum absolute atomic E-state index is 13.2. The second kappa shape index (κ2) is 9.58. The smallest absolute Gasteiger partial charge is 0.326 e. The van der Waals surface area contributed by atoms with Crippen molar-refractivity contribution in [2.75, 3.05) is 18.1 Å². The average molecular weight is 505 g/mol. The molecule has 168 valence electrons. The Hall–Kier alpha value is -3.11. The van der Waals surface area contributed by atoms with Crippen molar-refractivity contribution in [1.29, 1.82) is 0 Å². The zero-order chi connectivity index (χ0) is 23.5. The number of aliphatic hydroxyl groups is 1. The summed E-state index contributed by atoms with van der Waals surface area (Å²) in [6, 6.07) is 9.79. The third-order valence-electron chi connectivity index (χ3n) is 5.14. The van der Waals surface area contributed by atoms with Crippen molar-refractivity contribution in [2.45, 2.75) is 31.8 Å². The number of rotatable bonds is 9. The van der Waals surface area contributed by atoms with Gasteiger partial charge in [0.05, 0.1) is 23.6 Å². The number of nitro groups is 1. The van der Waals surface area contributed by atoms with Crippen molar-refractivity contribution in [2.24, 2.45) is 0 Å². The Labute approximate surface area is 192 Å². The molecule has 0 aromatic heterocycles. The highest BCUT2D eigenvalue weighted by atomic mass is 79.9. The minimum absolute atomic E-state index is 0.00519. The Morgan fingerprint density at radius 3 is 2.69 bits per heavy atom. The number of hydrogen-bond donors (Lipinski definition) is 1. The van der Waals surface area contributed by atoms with Crippen LogP contribution in [-0.4, -0.2) is 40.8 Å². The number of anilines is 1. The first kappa shape index (κ1) is 23.6. The van der Waals surface area contributed by atoms with E-state index in [1.165, 1.54) is 24.3 Å². The van der Waals surface area contributed by atoms with Crippen LogP contribution in [-0.2, 0) is 19.9 Å². The largest absolute Gasteiger partial charge is 0.464 e. The minimum atomic E-state index is -2.23. The fourth-order valence-corrected chi connectivity index (χ4v) is 3.84. The molecule has 0 saturated carbocycles. The van der Waals surface area contributed by atoms with Gasteiger partial charge in [-0.3, -0.25) is 29.4 Å². The summed E-state index contributed by atoms with van der Waals surface area (Å²) in [6.45, 7) is 1.76. The number of unbranched alkanes of at least 4 members (excludes halogenated alkanes) is 1. The van der Waals surface area contributed by atoms with Gasteiger partial charge in [-0.25, -0.2) is 0 Å². The fourth-order valence-electron chi connectivity index (χ4n) is 3.48. The Morgan fingerprint density at radius 2 is 2.00 bits per heavy atom. The predicted molar refractivity (Wildman–Crippen MR) is 118 cm³/mol. The standard InChI is InChI=1S/C22H21BrN2O7/c1-2-3-9-32-20(27)13-24-18-8-7-15(23)11-17(18)22(29,21(24)28)12-19(26)14-5-4-6-16(10-14)25(30)31/h4-8,10-11,29H,2-3,9,12-13H2,1H3. The van der Waals surface area contributed by atoms with Crippen molar-refractivity contribution in [1.82, 2.24) is 0 Å². The van der Waals surface area contributed by atoms with Crippen molar-refractivity contribution in [3.8, 4) is 0 Å². The number of non-ortho nitro benzene ring substituents is 1. The molecule has 0 saturated heterocycles. The van der Waals surface area contributed by atoms with Crippen molar-refractivity contribution < 1.29 is 29.2 Å². The molecular weight excluding hydrogens is 484 g/mol. The minimum Gasteiger partial charge on any atom is -0.464 e. The number of ether oxygens (including phenoxy) is 1. The van der Waals surface area contributed by atoms with Crippen LogP contribution in [0.25, 0.3) is 0 Å². The van der Waals surface area contributed by atoms with Crippen LogP contribution in [0.3, 0.4) is 0 Å². The SMILES string of the molecule is CCCCOC(=O)CN1C(=O)C(O)(CC(=O)c2cccc([N+](=O)[O-])c2)c2cc(Br)ccc21. The molecule has 3 rings (SSSR count). The van der Waals surface area contributed by atoms with Gasteiger partial charge in [-0.2, -0.15) is 0 Å². The van der Waals surface area contributed by atoms with Crippen LogP contribution in [0.4, 0.5) is 11.4 Å². The van der Waals surface area contributed by atoms with Gasteiger partial charge in [0.1, 0.15) is 6.54 Å². The van der Waals surface area contributed by atoms with Crippen LogP contribution in [0, 0.1) is 10.1 Å². The normalized spacial score (nSPS) is 17.2. The van der Waals surface area contributed by atoms with Crippen LogP contribution < -0.4 is 4.90 Å². The molecule has 2 aromatic carbocycles. The zero-order valence-corrected chi connectivity index (χ0v) is 18.8. The number of halogens is 1. The summed E-state index contributed by atoms with van der Waals surface area (Å²) in [5.41, 5.74) is -2.06. The van der Waals surface area contributed by atoms with Crippen LogP contribution in [0.5, 0.6) is 0 Å². The first-order valence-electron chi connectivity index (χ1n) is 9.95. The van der Waals surface area contributed by atoms with Gasteiger partial charge in [0.2, 0.25) is 0 Å². The van der Waals surface area contributed by atoms with Crippen molar-refractivity contribution in [3.05, 3.63) is 68.2 Å². The summed E-state index contributed by atoms with van der Waals surface area (Å²) in [4.78, 5) is 49.7. The molecule has 1 aliphatic heterocycles. The van der Waals surface area contributed by atoms with E-state index in [9.17, 15) is 29.6 Å². The summed E-state index contributed by atoms with van der Waals surface area (Å²) in [7, 11) is 0. The highest BCUT2D eigenvalue weighted by molar-refractivity contribution is 9.10. The number of fused-ring (bicyclic) bond motifs is 1. The highest BCUT2D eigenvalue weighted by Crippen LogP contribution is 2.44. The van der Waals surface area contributed by atoms with E-state index in [-0.39, 0.29) is 23.4 Å². The second-order valence-electron chi connectivity index (χ2n) is 7.39. The second-order valence-corrected chi connectivity index (χ2v) is 8.31. The number of carbonyl (C=O) groups is 3. The van der Waals surface area contributed by atoms with Crippen LogP contribution in [0.1, 0.15) is 42.1 Å². The van der Waals surface area contributed by atoms with Gasteiger partial charge in [-0.1, -0.05) is 41.4 Å². The molecule has 1 N–H and O–H groups in total. The molecule has 0 spiro atoms. The van der Waals surface area contributed by atoms with Gasteiger partial charge in [0, 0.05) is 27.7 Å². The third kappa shape index (κ3) is 4.71. The predicted octanol–water partition coefficient (Wildman–Crippen LogP) is 3.51.